The van der Waals surface area contributed by atoms with Crippen molar-refractivity contribution in [3.05, 3.63) is 24.3 Å². The lowest BCUT2D eigenvalue weighted by atomic mass is 10.0. The summed E-state index contributed by atoms with van der Waals surface area (Å²) < 4.78 is 5.28. The number of carbonyl (C=O) groups is 1. The Hall–Kier alpha value is -1.24. The summed E-state index contributed by atoms with van der Waals surface area (Å²) in [5.41, 5.74) is 0.741. The van der Waals surface area contributed by atoms with Crippen LogP contribution in [0.15, 0.2) is 24.3 Å². The average molecular weight is 350 g/mol. The van der Waals surface area contributed by atoms with Gasteiger partial charge >= 0.3 is 0 Å². The molecule has 0 aliphatic carbocycles. The first kappa shape index (κ1) is 17.6. The van der Waals surface area contributed by atoms with Crippen LogP contribution >= 0.6 is 11.8 Å². The van der Waals surface area contributed by atoms with Crippen molar-refractivity contribution < 1.29 is 9.53 Å². The van der Waals surface area contributed by atoms with Crippen LogP contribution in [-0.2, 0) is 4.79 Å². The third-order valence-electron chi connectivity index (χ3n) is 4.87. The molecule has 0 unspecified atom stereocenters. The van der Waals surface area contributed by atoms with Gasteiger partial charge in [0.1, 0.15) is 5.75 Å². The average Bonchev–Trinajstić information content (AvgIpc) is 2.63. The van der Waals surface area contributed by atoms with Gasteiger partial charge in [-0.15, -0.1) is 0 Å². The summed E-state index contributed by atoms with van der Waals surface area (Å²) in [5.74, 6) is 3.27. The Bertz CT molecular complexity index is 541. The maximum absolute atomic E-state index is 12.3. The Labute approximate surface area is 148 Å². The molecule has 2 heterocycles. The van der Waals surface area contributed by atoms with E-state index in [2.05, 4.69) is 26.9 Å². The molecule has 0 saturated carbocycles. The minimum atomic E-state index is 0.0346. The molecule has 0 atom stereocenters. The van der Waals surface area contributed by atoms with Crippen LogP contribution in [0.4, 0.5) is 5.69 Å². The number of likely N-dealkylation sites (tertiary alicyclic amines) is 1. The molecule has 2 aliphatic rings. The number of methoxy groups -OCH3 is 1. The molecule has 1 amide bonds. The smallest absolute Gasteiger partial charge is 0.238 e. The summed E-state index contributed by atoms with van der Waals surface area (Å²) in [7, 11) is 1.62. The number of hydrogen-bond donors (Lipinski definition) is 1. The molecule has 24 heavy (non-hydrogen) atoms. The van der Waals surface area contributed by atoms with Gasteiger partial charge in [0, 0.05) is 43.7 Å². The number of ether oxygens (including phenoxy) is 1. The molecule has 2 fully saturated rings. The Morgan fingerprint density at radius 2 is 1.92 bits per heavy atom. The number of thioether (sulfide) groups is 1. The van der Waals surface area contributed by atoms with Crippen molar-refractivity contribution in [1.29, 1.82) is 0 Å². The van der Waals surface area contributed by atoms with Gasteiger partial charge in [-0.3, -0.25) is 14.6 Å². The van der Waals surface area contributed by atoms with E-state index in [0.717, 1.165) is 18.8 Å². The number of carbonyl (C=O) groups excluding carboxylic acids is 1. The monoisotopic (exact) mass is 349 g/mol. The number of amides is 1. The topological polar surface area (TPSA) is 44.8 Å². The van der Waals surface area contributed by atoms with Gasteiger partial charge in [0.05, 0.1) is 19.3 Å². The van der Waals surface area contributed by atoms with Crippen molar-refractivity contribution in [3.63, 3.8) is 0 Å². The second kappa shape index (κ2) is 8.74. The highest BCUT2D eigenvalue weighted by Gasteiger charge is 2.26. The number of hydrogen-bond acceptors (Lipinski definition) is 5. The molecule has 1 N–H and O–H groups in total. The zero-order chi connectivity index (χ0) is 16.8. The molecule has 5 nitrogen and oxygen atoms in total. The molecule has 0 bridgehead atoms. The largest absolute Gasteiger partial charge is 0.495 e. The van der Waals surface area contributed by atoms with Gasteiger partial charge in [-0.1, -0.05) is 12.1 Å². The summed E-state index contributed by atoms with van der Waals surface area (Å²) in [6.07, 6.45) is 2.35. The van der Waals surface area contributed by atoms with Crippen LogP contribution in [-0.4, -0.2) is 73.1 Å². The fraction of sp³-hybridized carbons (Fsp3) is 0.611. The summed E-state index contributed by atoms with van der Waals surface area (Å²) in [6, 6.07) is 8.24. The molecule has 3 rings (SSSR count). The number of rotatable bonds is 5. The van der Waals surface area contributed by atoms with E-state index in [1.807, 2.05) is 24.3 Å². The molecule has 2 aliphatic heterocycles. The number of benzene rings is 1. The van der Waals surface area contributed by atoms with Gasteiger partial charge in [0.2, 0.25) is 5.91 Å². The number of piperidine rings is 1. The number of nitrogens with one attached hydrogen (secondary N) is 1. The van der Waals surface area contributed by atoms with Gasteiger partial charge in [0.25, 0.3) is 0 Å². The Kier molecular flexibility index (Phi) is 6.40. The van der Waals surface area contributed by atoms with Gasteiger partial charge in [0.15, 0.2) is 0 Å². The van der Waals surface area contributed by atoms with Gasteiger partial charge < -0.3 is 10.1 Å². The summed E-state index contributed by atoms with van der Waals surface area (Å²) >= 11 is 2.06. The normalized spacial score (nSPS) is 20.7. The van der Waals surface area contributed by atoms with Crippen LogP contribution in [0.1, 0.15) is 12.8 Å². The molecule has 1 aromatic rings. The fourth-order valence-corrected chi connectivity index (χ4v) is 4.46. The van der Waals surface area contributed by atoms with Crippen LogP contribution in [0, 0.1) is 0 Å². The number of para-hydroxylation sites is 2. The van der Waals surface area contributed by atoms with Crippen LogP contribution in [0.2, 0.25) is 0 Å². The van der Waals surface area contributed by atoms with Crippen molar-refractivity contribution in [3.8, 4) is 5.75 Å². The predicted octanol–water partition coefficient (Wildman–Crippen LogP) is 2.15. The second-order valence-corrected chi connectivity index (χ2v) is 7.63. The SMILES string of the molecule is COc1ccccc1NC(=O)CN1CCC(N2CCSCC2)CC1. The van der Waals surface area contributed by atoms with E-state index in [4.69, 9.17) is 4.74 Å². The quantitative estimate of drug-likeness (QED) is 0.882. The molecular formula is C18H27N3O2S. The van der Waals surface area contributed by atoms with Crippen molar-refractivity contribution in [1.82, 2.24) is 9.80 Å². The van der Waals surface area contributed by atoms with Crippen molar-refractivity contribution in [2.24, 2.45) is 0 Å². The fourth-order valence-electron chi connectivity index (χ4n) is 3.53. The lowest BCUT2D eigenvalue weighted by Gasteiger charge is -2.39. The zero-order valence-electron chi connectivity index (χ0n) is 14.4. The highest BCUT2D eigenvalue weighted by atomic mass is 32.2. The molecule has 1 aromatic carbocycles. The summed E-state index contributed by atoms with van der Waals surface area (Å²) in [6.45, 7) is 4.93. The van der Waals surface area contributed by atoms with Crippen LogP contribution < -0.4 is 10.1 Å². The third kappa shape index (κ3) is 4.65. The minimum Gasteiger partial charge on any atom is -0.495 e. The van der Waals surface area contributed by atoms with E-state index >= 15 is 0 Å². The van der Waals surface area contributed by atoms with E-state index in [1.54, 1.807) is 7.11 Å². The van der Waals surface area contributed by atoms with Crippen molar-refractivity contribution in [2.45, 2.75) is 18.9 Å². The van der Waals surface area contributed by atoms with Gasteiger partial charge in [-0.25, -0.2) is 0 Å². The van der Waals surface area contributed by atoms with Crippen LogP contribution in [0.25, 0.3) is 0 Å². The Morgan fingerprint density at radius 3 is 2.62 bits per heavy atom. The first-order valence-corrected chi connectivity index (χ1v) is 9.89. The number of anilines is 1. The van der Waals surface area contributed by atoms with E-state index in [-0.39, 0.29) is 5.91 Å². The van der Waals surface area contributed by atoms with Crippen LogP contribution in [0.5, 0.6) is 5.75 Å². The van der Waals surface area contributed by atoms with Crippen molar-refractivity contribution >= 4 is 23.4 Å². The number of nitrogens with zero attached hydrogens (tertiary/aromatic N) is 2. The van der Waals surface area contributed by atoms with E-state index in [9.17, 15) is 4.79 Å². The van der Waals surface area contributed by atoms with Crippen molar-refractivity contribution in [2.75, 3.05) is 56.7 Å². The summed E-state index contributed by atoms with van der Waals surface area (Å²) in [4.78, 5) is 17.2. The molecule has 0 spiro atoms. The predicted molar refractivity (Wildman–Crippen MR) is 100.0 cm³/mol. The first-order chi connectivity index (χ1) is 11.8. The molecule has 0 aromatic heterocycles. The summed E-state index contributed by atoms with van der Waals surface area (Å²) in [5, 5.41) is 2.96. The lowest BCUT2D eigenvalue weighted by Crippen LogP contribution is -2.49. The van der Waals surface area contributed by atoms with E-state index in [0.29, 0.717) is 18.3 Å². The first-order valence-electron chi connectivity index (χ1n) is 8.73. The lowest BCUT2D eigenvalue weighted by molar-refractivity contribution is -0.117. The minimum absolute atomic E-state index is 0.0346. The zero-order valence-corrected chi connectivity index (χ0v) is 15.2. The van der Waals surface area contributed by atoms with E-state index < -0.39 is 0 Å². The third-order valence-corrected chi connectivity index (χ3v) is 5.81. The maximum atomic E-state index is 12.3. The van der Waals surface area contributed by atoms with Crippen LogP contribution in [0.3, 0.4) is 0 Å². The highest BCUT2D eigenvalue weighted by molar-refractivity contribution is 7.99. The Morgan fingerprint density at radius 1 is 1.21 bits per heavy atom. The highest BCUT2D eigenvalue weighted by Crippen LogP contribution is 2.23. The van der Waals surface area contributed by atoms with E-state index in [1.165, 1.54) is 37.4 Å². The maximum Gasteiger partial charge on any atom is 0.238 e. The molecule has 2 saturated heterocycles. The standard InChI is InChI=1S/C18H27N3O2S/c1-23-17-5-3-2-4-16(17)19-18(22)14-20-8-6-15(7-9-20)21-10-12-24-13-11-21/h2-5,15H,6-14H2,1H3,(H,19,22). The molecule has 132 valence electrons. The van der Waals surface area contributed by atoms with Gasteiger partial charge in [-0.2, -0.15) is 11.8 Å². The molecule has 6 heteroatoms. The molecule has 0 radical (unpaired) electrons. The molecular weight excluding hydrogens is 322 g/mol. The second-order valence-electron chi connectivity index (χ2n) is 6.40. The Balaban J connectivity index is 1.44. The van der Waals surface area contributed by atoms with Gasteiger partial charge in [-0.05, 0) is 25.0 Å².